The molecule has 0 fully saturated rings. The van der Waals surface area contributed by atoms with Crippen LogP contribution in [0.3, 0.4) is 0 Å². The van der Waals surface area contributed by atoms with E-state index in [2.05, 4.69) is 19.2 Å². The van der Waals surface area contributed by atoms with Crippen molar-refractivity contribution in [3.63, 3.8) is 0 Å². The van der Waals surface area contributed by atoms with Gasteiger partial charge in [-0.15, -0.1) is 0 Å². The third kappa shape index (κ3) is 5.51. The molecule has 0 aliphatic carbocycles. The Hall–Kier alpha value is -3.32. The fourth-order valence-electron chi connectivity index (χ4n) is 4.10. The Balaban J connectivity index is 1.82. The van der Waals surface area contributed by atoms with Crippen LogP contribution in [0.1, 0.15) is 49.9 Å². The second-order valence-electron chi connectivity index (χ2n) is 9.03. The lowest BCUT2D eigenvalue weighted by atomic mass is 9.91. The number of nitrogens with one attached hydrogen (secondary N) is 1. The van der Waals surface area contributed by atoms with E-state index in [4.69, 9.17) is 9.73 Å². The van der Waals surface area contributed by atoms with Gasteiger partial charge in [0.05, 0.1) is 30.3 Å². The number of nitrogens with zero attached hydrogens (tertiary/aromatic N) is 2. The first-order chi connectivity index (χ1) is 16.9. The Morgan fingerprint density at radius 1 is 1.11 bits per heavy atom. The first-order valence-electron chi connectivity index (χ1n) is 11.9. The molecule has 0 spiro atoms. The third-order valence-corrected chi connectivity index (χ3v) is 6.68. The molecule has 1 atom stereocenters. The minimum Gasteiger partial charge on any atom is -0.463 e. The van der Waals surface area contributed by atoms with Crippen molar-refractivity contribution < 1.29 is 14.3 Å². The molecule has 0 saturated heterocycles. The van der Waals surface area contributed by atoms with Gasteiger partial charge in [-0.3, -0.25) is 4.79 Å². The summed E-state index contributed by atoms with van der Waals surface area (Å²) >= 11 is 1.48. The van der Waals surface area contributed by atoms with Gasteiger partial charge in [-0.2, -0.15) is 0 Å². The van der Waals surface area contributed by atoms with Gasteiger partial charge in [0.15, 0.2) is 5.17 Å². The largest absolute Gasteiger partial charge is 0.463 e. The molecule has 2 aliphatic heterocycles. The summed E-state index contributed by atoms with van der Waals surface area (Å²) in [6.45, 7) is 8.84. The molecule has 0 unspecified atom stereocenters. The molecular formula is C28H31N3O3S. The number of esters is 1. The number of hydrogen-bond donors (Lipinski definition) is 1. The highest BCUT2D eigenvalue weighted by Crippen LogP contribution is 2.47. The number of carbonyl (C=O) groups excluding carboxylic acids is 2. The number of amides is 1. The second kappa shape index (κ2) is 11.0. The van der Waals surface area contributed by atoms with Crippen LogP contribution in [0.5, 0.6) is 0 Å². The lowest BCUT2D eigenvalue weighted by Gasteiger charge is -2.37. The maximum Gasteiger partial charge on any atom is 0.338 e. The first-order valence-corrected chi connectivity index (χ1v) is 12.8. The molecule has 0 aromatic heterocycles. The fourth-order valence-corrected chi connectivity index (χ4v) is 5.02. The molecule has 6 nitrogen and oxygen atoms in total. The molecule has 35 heavy (non-hydrogen) atoms. The molecule has 2 aromatic carbocycles. The molecule has 7 heteroatoms. The van der Waals surface area contributed by atoms with Crippen molar-refractivity contribution >= 4 is 34.5 Å². The highest BCUT2D eigenvalue weighted by Gasteiger charge is 2.42. The summed E-state index contributed by atoms with van der Waals surface area (Å²) in [5, 5.41) is 5.70. The van der Waals surface area contributed by atoms with Gasteiger partial charge in [0.25, 0.3) is 0 Å². The molecule has 2 aromatic rings. The minimum atomic E-state index is -0.462. The summed E-state index contributed by atoms with van der Waals surface area (Å²) in [5.74, 6) is -0.0877. The predicted molar refractivity (Wildman–Crippen MR) is 141 cm³/mol. The molecule has 1 amide bonds. The molecule has 1 N–H and O–H groups in total. The topological polar surface area (TPSA) is 71.0 Å². The van der Waals surface area contributed by atoms with Crippen LogP contribution in [0.4, 0.5) is 0 Å². The van der Waals surface area contributed by atoms with Crippen molar-refractivity contribution in [1.82, 2.24) is 10.2 Å². The van der Waals surface area contributed by atoms with E-state index in [-0.39, 0.29) is 18.9 Å². The predicted octanol–water partition coefficient (Wildman–Crippen LogP) is 5.43. The van der Waals surface area contributed by atoms with Gasteiger partial charge in [-0.25, -0.2) is 9.79 Å². The van der Waals surface area contributed by atoms with E-state index in [0.717, 1.165) is 27.6 Å². The zero-order chi connectivity index (χ0) is 24.9. The molecule has 2 heterocycles. The lowest BCUT2D eigenvalue weighted by Crippen LogP contribution is -2.38. The van der Waals surface area contributed by atoms with Gasteiger partial charge in [-0.1, -0.05) is 85.8 Å². The molecule has 2 aliphatic rings. The lowest BCUT2D eigenvalue weighted by molar-refractivity contribution is -0.139. The van der Waals surface area contributed by atoms with Crippen LogP contribution in [0.2, 0.25) is 0 Å². The number of benzene rings is 2. The number of thioether (sulfide) groups is 1. The molecular weight excluding hydrogens is 458 g/mol. The van der Waals surface area contributed by atoms with E-state index in [0.29, 0.717) is 23.7 Å². The van der Waals surface area contributed by atoms with Gasteiger partial charge in [0.2, 0.25) is 5.91 Å². The summed E-state index contributed by atoms with van der Waals surface area (Å²) in [4.78, 5) is 33.1. The average molecular weight is 490 g/mol. The Morgan fingerprint density at radius 3 is 2.49 bits per heavy atom. The van der Waals surface area contributed by atoms with Crippen LogP contribution in [-0.4, -0.2) is 35.1 Å². The van der Waals surface area contributed by atoms with Crippen molar-refractivity contribution in [3.05, 3.63) is 88.0 Å². The smallest absolute Gasteiger partial charge is 0.338 e. The van der Waals surface area contributed by atoms with E-state index >= 15 is 0 Å². The van der Waals surface area contributed by atoms with Gasteiger partial charge >= 0.3 is 5.97 Å². The van der Waals surface area contributed by atoms with Crippen molar-refractivity contribution in [2.24, 2.45) is 10.9 Å². The molecule has 182 valence electrons. The Morgan fingerprint density at radius 2 is 1.83 bits per heavy atom. The van der Waals surface area contributed by atoms with Crippen LogP contribution in [0, 0.1) is 12.8 Å². The fraction of sp³-hybridized carbons (Fsp3) is 0.321. The van der Waals surface area contributed by atoms with E-state index in [1.165, 1.54) is 11.8 Å². The maximum absolute atomic E-state index is 13.4. The number of hydrogen-bond acceptors (Lipinski definition) is 6. The molecule has 4 rings (SSSR count). The van der Waals surface area contributed by atoms with Crippen molar-refractivity contribution in [2.75, 3.05) is 13.2 Å². The molecule has 0 saturated carbocycles. The number of ether oxygens (including phenoxy) is 1. The van der Waals surface area contributed by atoms with E-state index in [1.54, 1.807) is 6.92 Å². The van der Waals surface area contributed by atoms with Crippen LogP contribution >= 0.6 is 11.8 Å². The van der Waals surface area contributed by atoms with Crippen molar-refractivity contribution in [3.8, 4) is 0 Å². The summed E-state index contributed by atoms with van der Waals surface area (Å²) < 4.78 is 5.54. The minimum absolute atomic E-state index is 0.0509. The quantitative estimate of drug-likeness (QED) is 0.501. The Labute approximate surface area is 211 Å². The number of carbonyl (C=O) groups is 2. The third-order valence-electron chi connectivity index (χ3n) is 5.79. The number of amidine groups is 1. The van der Waals surface area contributed by atoms with Gasteiger partial charge < -0.3 is 15.0 Å². The van der Waals surface area contributed by atoms with E-state index in [9.17, 15) is 9.59 Å². The van der Waals surface area contributed by atoms with E-state index in [1.807, 2.05) is 71.8 Å². The zero-order valence-electron chi connectivity index (χ0n) is 20.6. The standard InChI is InChI=1S/C28H31N3O3S/c1-5-34-27(33)24-25(20-9-7-6-8-10-20)30-28-31(26(24)21-13-11-19(4)12-14-21)22(17-35-28)15-23(32)29-16-18(2)3/h6-14,17-18,26H,5,15-16H2,1-4H3,(H,29,32)/t26-/m0/s1. The average Bonchev–Trinajstić information content (AvgIpc) is 3.25. The number of fused-ring (bicyclic) bond motifs is 1. The highest BCUT2D eigenvalue weighted by molar-refractivity contribution is 8.16. The maximum atomic E-state index is 13.4. The number of rotatable bonds is 8. The van der Waals surface area contributed by atoms with Crippen LogP contribution < -0.4 is 5.32 Å². The van der Waals surface area contributed by atoms with Gasteiger partial charge in [-0.05, 0) is 30.7 Å². The summed E-state index contributed by atoms with van der Waals surface area (Å²) in [5.41, 5.74) is 4.81. The van der Waals surface area contributed by atoms with E-state index < -0.39 is 12.0 Å². The van der Waals surface area contributed by atoms with Crippen LogP contribution in [0.15, 0.2) is 76.3 Å². The molecule has 0 bridgehead atoms. The Kier molecular flexibility index (Phi) is 7.76. The Bertz CT molecular complexity index is 1180. The van der Waals surface area contributed by atoms with Crippen molar-refractivity contribution in [2.45, 2.75) is 40.2 Å². The van der Waals surface area contributed by atoms with Gasteiger partial charge in [0.1, 0.15) is 0 Å². The highest BCUT2D eigenvalue weighted by atomic mass is 32.2. The molecule has 0 radical (unpaired) electrons. The monoisotopic (exact) mass is 489 g/mol. The summed E-state index contributed by atoms with van der Waals surface area (Å²) in [6.07, 6.45) is 0.206. The number of aliphatic imine (C=N–C) groups is 1. The van der Waals surface area contributed by atoms with Crippen molar-refractivity contribution in [1.29, 1.82) is 0 Å². The van der Waals surface area contributed by atoms with Gasteiger partial charge in [0, 0.05) is 17.8 Å². The normalized spacial score (nSPS) is 17.2. The summed E-state index contributed by atoms with van der Waals surface area (Å²) in [7, 11) is 0. The van der Waals surface area contributed by atoms with Crippen LogP contribution in [0.25, 0.3) is 5.70 Å². The number of aryl methyl sites for hydroxylation is 1. The SMILES string of the molecule is CCOC(=O)C1=C(c2ccccc2)N=C2SC=C(CC(=O)NCC(C)C)N2[C@H]1c1ccc(C)cc1. The second-order valence-corrected chi connectivity index (χ2v) is 9.86. The zero-order valence-corrected chi connectivity index (χ0v) is 21.4. The van der Waals surface area contributed by atoms with Crippen LogP contribution in [-0.2, 0) is 14.3 Å². The first kappa shape index (κ1) is 24.8. The summed E-state index contributed by atoms with van der Waals surface area (Å²) in [6, 6.07) is 17.4.